The van der Waals surface area contributed by atoms with Crippen molar-refractivity contribution >= 4 is 13.8 Å². The van der Waals surface area contributed by atoms with Gasteiger partial charge in [0.2, 0.25) is 0 Å². The molecule has 0 aromatic heterocycles. The first-order valence-corrected chi connectivity index (χ1v) is 29.0. The van der Waals surface area contributed by atoms with Crippen LogP contribution >= 0.6 is 7.82 Å². The Morgan fingerprint density at radius 1 is 0.485 bits per heavy atom. The van der Waals surface area contributed by atoms with Crippen molar-refractivity contribution in [3.8, 4) is 0 Å². The number of ether oxygens (including phenoxy) is 2. The Labute approximate surface area is 409 Å². The summed E-state index contributed by atoms with van der Waals surface area (Å²) in [7, 11) is 1.66. The minimum Gasteiger partial charge on any atom is -0.457 e. The molecule has 0 spiro atoms. The van der Waals surface area contributed by atoms with Gasteiger partial charge in [-0.2, -0.15) is 0 Å². The highest BCUT2D eigenvalue weighted by molar-refractivity contribution is 7.47. The molecule has 8 nitrogen and oxygen atoms in total. The first-order chi connectivity index (χ1) is 32.1. The maximum absolute atomic E-state index is 12.8. The van der Waals surface area contributed by atoms with E-state index in [2.05, 4.69) is 74.6 Å². The normalized spacial score (nSPS) is 14.0. The smallest absolute Gasteiger partial charge is 0.457 e. The van der Waals surface area contributed by atoms with Gasteiger partial charge in [0.25, 0.3) is 0 Å². The van der Waals surface area contributed by atoms with Crippen LogP contribution in [-0.2, 0) is 27.9 Å². The molecule has 9 heteroatoms. The zero-order valence-electron chi connectivity index (χ0n) is 43.9. The van der Waals surface area contributed by atoms with E-state index in [0.29, 0.717) is 24.1 Å². The fourth-order valence-corrected chi connectivity index (χ4v) is 8.38. The lowest BCUT2D eigenvalue weighted by molar-refractivity contribution is -0.870. The van der Waals surface area contributed by atoms with Crippen molar-refractivity contribution in [3.05, 3.63) is 60.8 Å². The van der Waals surface area contributed by atoms with Gasteiger partial charge in [0.1, 0.15) is 19.3 Å². The average Bonchev–Trinajstić information content (AvgIpc) is 3.28. The number of rotatable bonds is 51. The number of allylic oxidation sites excluding steroid dienone is 10. The average molecular weight is 949 g/mol. The molecule has 0 heterocycles. The Morgan fingerprint density at radius 3 is 1.32 bits per heavy atom. The topological polar surface area (TPSA) is 91.3 Å². The van der Waals surface area contributed by atoms with Crippen LogP contribution in [0.1, 0.15) is 239 Å². The highest BCUT2D eigenvalue weighted by Gasteiger charge is 2.26. The highest BCUT2D eigenvalue weighted by atomic mass is 31.2. The van der Waals surface area contributed by atoms with Crippen LogP contribution in [-0.4, -0.2) is 75.6 Å². The summed E-state index contributed by atoms with van der Waals surface area (Å²) in [4.78, 5) is 23.0. The van der Waals surface area contributed by atoms with Crippen molar-refractivity contribution in [3.63, 3.8) is 0 Å². The molecule has 0 saturated heterocycles. The number of carbonyl (C=O) groups is 1. The predicted octanol–water partition coefficient (Wildman–Crippen LogP) is 17.2. The minimum absolute atomic E-state index is 0.0834. The molecule has 0 aliphatic carbocycles. The van der Waals surface area contributed by atoms with Gasteiger partial charge in [0.15, 0.2) is 0 Å². The van der Waals surface area contributed by atoms with E-state index in [9.17, 15) is 14.3 Å². The summed E-state index contributed by atoms with van der Waals surface area (Å²) >= 11 is 0. The second-order valence-electron chi connectivity index (χ2n) is 19.6. The number of hydrogen-bond donors (Lipinski definition) is 1. The van der Waals surface area contributed by atoms with E-state index >= 15 is 0 Å². The summed E-state index contributed by atoms with van der Waals surface area (Å²) in [5, 5.41) is 0. The van der Waals surface area contributed by atoms with Crippen molar-refractivity contribution in [2.75, 3.05) is 54.1 Å². The first-order valence-electron chi connectivity index (χ1n) is 27.5. The molecule has 0 aliphatic rings. The lowest BCUT2D eigenvalue weighted by Gasteiger charge is -2.24. The van der Waals surface area contributed by atoms with E-state index < -0.39 is 13.9 Å². The Bertz CT molecular complexity index is 1240. The minimum atomic E-state index is -4.29. The van der Waals surface area contributed by atoms with Crippen molar-refractivity contribution < 1.29 is 37.3 Å². The third-order valence-electron chi connectivity index (χ3n) is 11.8. The van der Waals surface area contributed by atoms with Gasteiger partial charge in [-0.1, -0.05) is 235 Å². The maximum Gasteiger partial charge on any atom is 0.472 e. The van der Waals surface area contributed by atoms with Crippen LogP contribution in [0.5, 0.6) is 0 Å². The molecule has 0 fully saturated rings. The van der Waals surface area contributed by atoms with E-state index in [1.807, 2.05) is 21.1 Å². The molecular formula is C57H107NO7P+. The van der Waals surface area contributed by atoms with Crippen LogP contribution in [0.4, 0.5) is 0 Å². The molecule has 0 rings (SSSR count). The number of quaternary nitrogens is 1. The number of esters is 1. The molecule has 66 heavy (non-hydrogen) atoms. The van der Waals surface area contributed by atoms with Crippen molar-refractivity contribution in [2.24, 2.45) is 0 Å². The third kappa shape index (κ3) is 53.2. The molecule has 0 aromatic rings. The molecule has 1 N–H and O–H groups in total. The fourth-order valence-electron chi connectivity index (χ4n) is 7.64. The van der Waals surface area contributed by atoms with E-state index in [4.69, 9.17) is 18.5 Å². The lowest BCUT2D eigenvalue weighted by Crippen LogP contribution is -2.37. The summed E-state index contributed by atoms with van der Waals surface area (Å²) in [5.41, 5.74) is 0. The number of phosphoric ester groups is 1. The Morgan fingerprint density at radius 2 is 0.879 bits per heavy atom. The van der Waals surface area contributed by atoms with Crippen LogP contribution in [0, 0.1) is 0 Å². The molecule has 0 aliphatic heterocycles. The van der Waals surface area contributed by atoms with Gasteiger partial charge >= 0.3 is 13.8 Å². The van der Waals surface area contributed by atoms with Crippen LogP contribution < -0.4 is 0 Å². The SMILES string of the molecule is CC/C=C\C/C=C\C/C=C\C/C=C\C/C=C\CCCCCCCC(=O)OC(COCCCCCCCCCCCCCCCCCCCCCCCCC)COP(=O)(O)OCC[N+](C)(C)C. The van der Waals surface area contributed by atoms with Gasteiger partial charge in [0.05, 0.1) is 34.4 Å². The van der Waals surface area contributed by atoms with Crippen molar-refractivity contribution in [2.45, 2.75) is 245 Å². The highest BCUT2D eigenvalue weighted by Crippen LogP contribution is 2.43. The number of carbonyl (C=O) groups excluding carboxylic acids is 1. The Hall–Kier alpha value is -1.80. The predicted molar refractivity (Wildman–Crippen MR) is 284 cm³/mol. The number of likely N-dealkylation sites (N-methyl/N-ethyl adjacent to an activating group) is 1. The molecule has 0 saturated carbocycles. The van der Waals surface area contributed by atoms with Gasteiger partial charge in [0, 0.05) is 13.0 Å². The summed E-state index contributed by atoms with van der Waals surface area (Å²) in [6, 6.07) is 0. The zero-order chi connectivity index (χ0) is 48.3. The second-order valence-corrected chi connectivity index (χ2v) is 21.0. The van der Waals surface area contributed by atoms with Crippen LogP contribution in [0.3, 0.4) is 0 Å². The molecule has 386 valence electrons. The van der Waals surface area contributed by atoms with Crippen molar-refractivity contribution in [1.82, 2.24) is 0 Å². The Balaban J connectivity index is 4.12. The van der Waals surface area contributed by atoms with Crippen LogP contribution in [0.25, 0.3) is 0 Å². The second kappa shape index (κ2) is 49.6. The van der Waals surface area contributed by atoms with Crippen molar-refractivity contribution in [1.29, 1.82) is 0 Å². The van der Waals surface area contributed by atoms with E-state index in [-0.39, 0.29) is 25.8 Å². The van der Waals surface area contributed by atoms with E-state index in [1.54, 1.807) is 0 Å². The van der Waals surface area contributed by atoms with Gasteiger partial charge < -0.3 is 18.9 Å². The number of phosphoric acid groups is 1. The first kappa shape index (κ1) is 64.2. The van der Waals surface area contributed by atoms with E-state index in [0.717, 1.165) is 83.5 Å². The summed E-state index contributed by atoms with van der Waals surface area (Å²) < 4.78 is 35.2. The fraction of sp³-hybridized carbons (Fsp3) is 0.807. The summed E-state index contributed by atoms with van der Waals surface area (Å²) in [6.07, 6.45) is 64.2. The van der Waals surface area contributed by atoms with Gasteiger partial charge in [-0.05, 0) is 57.8 Å². The summed E-state index contributed by atoms with van der Waals surface area (Å²) in [5.74, 6) is -0.329. The van der Waals surface area contributed by atoms with Gasteiger partial charge in [-0.15, -0.1) is 0 Å². The quantitative estimate of drug-likeness (QED) is 0.0213. The number of unbranched alkanes of at least 4 members (excludes halogenated alkanes) is 27. The molecule has 2 atom stereocenters. The molecule has 0 aromatic carbocycles. The monoisotopic (exact) mass is 949 g/mol. The number of nitrogens with zero attached hydrogens (tertiary/aromatic N) is 1. The summed E-state index contributed by atoms with van der Waals surface area (Å²) in [6.45, 7) is 5.52. The molecule has 0 bridgehead atoms. The third-order valence-corrected chi connectivity index (χ3v) is 12.8. The largest absolute Gasteiger partial charge is 0.472 e. The van der Waals surface area contributed by atoms with Gasteiger partial charge in [-0.25, -0.2) is 4.57 Å². The van der Waals surface area contributed by atoms with Gasteiger partial charge in [-0.3, -0.25) is 13.8 Å². The molecule has 2 unspecified atom stereocenters. The molecular weight excluding hydrogens is 842 g/mol. The Kier molecular flexibility index (Phi) is 48.3. The molecule has 0 amide bonds. The number of hydrogen-bond acceptors (Lipinski definition) is 6. The molecule has 0 radical (unpaired) electrons. The lowest BCUT2D eigenvalue weighted by atomic mass is 10.0. The van der Waals surface area contributed by atoms with Crippen LogP contribution in [0.15, 0.2) is 60.8 Å². The maximum atomic E-state index is 12.8. The zero-order valence-corrected chi connectivity index (χ0v) is 44.8. The van der Waals surface area contributed by atoms with E-state index in [1.165, 1.54) is 135 Å². The van der Waals surface area contributed by atoms with Crippen LogP contribution in [0.2, 0.25) is 0 Å². The standard InChI is InChI=1S/C57H106NO7P/c1-6-8-10-12-14-16-18-20-22-24-26-28-29-31-33-35-37-39-41-43-45-47-49-52-62-54-56(55-64-66(60,61)63-53-51-58(3,4)5)65-57(59)50-48-46-44-42-40-38-36-34-32-30-27-25-23-21-19-17-15-13-11-9-7-2/h9,11,15,17,21,23,27,30,34,36,56H,6-8,10,12-14,16,18-20,22,24-26,28-29,31-33,35,37-55H2,1-5H3/p+1/b11-9-,17-15-,23-21-,30-27-,36-34-.